The lowest BCUT2D eigenvalue weighted by molar-refractivity contribution is -0.165. The third-order valence-corrected chi connectivity index (χ3v) is 11.2. The van der Waals surface area contributed by atoms with Crippen molar-refractivity contribution in [1.29, 1.82) is 0 Å². The third kappa shape index (κ3) is 3.56. The lowest BCUT2D eigenvalue weighted by Gasteiger charge is -2.61. The summed E-state index contributed by atoms with van der Waals surface area (Å²) < 4.78 is 13.7. The number of carbonyl (C=O) groups is 1. The summed E-state index contributed by atoms with van der Waals surface area (Å²) in [6.07, 6.45) is 13.6. The van der Waals surface area contributed by atoms with Crippen molar-refractivity contribution in [3.63, 3.8) is 0 Å². The lowest BCUT2D eigenvalue weighted by atomic mass is 9.45. The van der Waals surface area contributed by atoms with Gasteiger partial charge in [-0.2, -0.15) is 5.10 Å². The molecular formula is C27H42N4O3. The number of morpholine rings is 1. The lowest BCUT2D eigenvalue weighted by Crippen LogP contribution is -2.56. The van der Waals surface area contributed by atoms with Crippen LogP contribution in [0.4, 0.5) is 0 Å². The fraction of sp³-hybridized carbons (Fsp3) is 0.889. The molecule has 34 heavy (non-hydrogen) atoms. The second-order valence-electron chi connectivity index (χ2n) is 12.5. The smallest absolute Gasteiger partial charge is 0.302 e. The van der Waals surface area contributed by atoms with Crippen LogP contribution in [0.15, 0.2) is 12.7 Å². The SMILES string of the molecule is CC(=O)O[C@H]1[C@@H](n2cncn2)C[C@H]2[C@@H]3CC[C@H]4C[C@@H](N5CCOCC5)CC[C@]4(C)[C@H]3CC[C@@]21C. The number of ether oxygens (including phenoxy) is 2. The van der Waals surface area contributed by atoms with E-state index >= 15 is 0 Å². The summed E-state index contributed by atoms with van der Waals surface area (Å²) in [7, 11) is 0. The fourth-order valence-electron chi connectivity index (χ4n) is 9.51. The Bertz CT molecular complexity index is 886. The molecule has 4 aliphatic carbocycles. The molecule has 2 heterocycles. The van der Waals surface area contributed by atoms with Crippen LogP contribution in [0.2, 0.25) is 0 Å². The number of rotatable bonds is 3. The van der Waals surface area contributed by atoms with E-state index in [4.69, 9.17) is 9.47 Å². The minimum atomic E-state index is -0.170. The van der Waals surface area contributed by atoms with Crippen molar-refractivity contribution in [3.8, 4) is 0 Å². The first-order valence-electron chi connectivity index (χ1n) is 13.7. The molecule has 0 unspecified atom stereocenters. The van der Waals surface area contributed by atoms with E-state index in [2.05, 4.69) is 28.8 Å². The summed E-state index contributed by atoms with van der Waals surface area (Å²) in [6, 6.07) is 0.853. The zero-order chi connectivity index (χ0) is 23.5. The summed E-state index contributed by atoms with van der Waals surface area (Å²) >= 11 is 0. The van der Waals surface area contributed by atoms with Crippen molar-refractivity contribution >= 4 is 5.97 Å². The van der Waals surface area contributed by atoms with Crippen LogP contribution in [0.3, 0.4) is 0 Å². The van der Waals surface area contributed by atoms with E-state index in [1.807, 2.05) is 11.0 Å². The van der Waals surface area contributed by atoms with Crippen LogP contribution in [0.5, 0.6) is 0 Å². The molecule has 188 valence electrons. The molecule has 0 N–H and O–H groups in total. The van der Waals surface area contributed by atoms with Crippen LogP contribution in [-0.2, 0) is 14.3 Å². The molecule has 1 saturated heterocycles. The zero-order valence-corrected chi connectivity index (χ0v) is 21.2. The van der Waals surface area contributed by atoms with E-state index in [-0.39, 0.29) is 23.5 Å². The standard InChI is InChI=1S/C27H42N4O3/c1-18(32)34-25-24(31-17-28-16-29-31)15-23-21-5-4-19-14-20(30-10-12-33-13-11-30)6-8-26(19,2)22(21)7-9-27(23,25)3/h16-17,19-25H,4-15H2,1-3H3/t19-,20-,21+,22-,23-,24-,25-,26-,27-/m0/s1. The van der Waals surface area contributed by atoms with Gasteiger partial charge in [0.1, 0.15) is 18.8 Å². The Morgan fingerprint density at radius 2 is 1.82 bits per heavy atom. The molecule has 1 aliphatic heterocycles. The molecule has 0 radical (unpaired) electrons. The molecule has 1 aromatic heterocycles. The van der Waals surface area contributed by atoms with Gasteiger partial charge in [-0.15, -0.1) is 0 Å². The number of aromatic nitrogens is 3. The number of fused-ring (bicyclic) bond motifs is 5. The van der Waals surface area contributed by atoms with Crippen molar-refractivity contribution in [2.75, 3.05) is 26.3 Å². The van der Waals surface area contributed by atoms with Gasteiger partial charge >= 0.3 is 5.97 Å². The van der Waals surface area contributed by atoms with E-state index < -0.39 is 0 Å². The molecule has 5 aliphatic rings. The Morgan fingerprint density at radius 3 is 2.56 bits per heavy atom. The van der Waals surface area contributed by atoms with E-state index in [1.165, 1.54) is 38.5 Å². The number of esters is 1. The highest BCUT2D eigenvalue weighted by Crippen LogP contribution is 2.68. The molecule has 7 nitrogen and oxygen atoms in total. The molecule has 5 fully saturated rings. The Balaban J connectivity index is 1.24. The van der Waals surface area contributed by atoms with Gasteiger partial charge in [-0.3, -0.25) is 9.69 Å². The van der Waals surface area contributed by atoms with Crippen molar-refractivity contribution in [3.05, 3.63) is 12.7 Å². The van der Waals surface area contributed by atoms with E-state index in [1.54, 1.807) is 13.3 Å². The van der Waals surface area contributed by atoms with E-state index in [9.17, 15) is 4.79 Å². The molecule has 4 saturated carbocycles. The van der Waals surface area contributed by atoms with Crippen LogP contribution in [-0.4, -0.2) is 64.1 Å². The van der Waals surface area contributed by atoms with Gasteiger partial charge in [-0.1, -0.05) is 13.8 Å². The first-order valence-corrected chi connectivity index (χ1v) is 13.7. The Morgan fingerprint density at radius 1 is 1.03 bits per heavy atom. The maximum absolute atomic E-state index is 12.1. The molecule has 6 rings (SSSR count). The van der Waals surface area contributed by atoms with Gasteiger partial charge < -0.3 is 9.47 Å². The largest absolute Gasteiger partial charge is 0.460 e. The molecule has 0 amide bonds. The van der Waals surface area contributed by atoms with E-state index in [0.29, 0.717) is 11.3 Å². The monoisotopic (exact) mass is 470 g/mol. The number of hydrogen-bond acceptors (Lipinski definition) is 6. The second-order valence-corrected chi connectivity index (χ2v) is 12.5. The molecule has 0 bridgehead atoms. The summed E-state index contributed by atoms with van der Waals surface area (Å²) in [5, 5.41) is 4.48. The summed E-state index contributed by atoms with van der Waals surface area (Å²) in [5.74, 6) is 2.78. The average Bonchev–Trinajstić information content (AvgIpc) is 3.45. The minimum absolute atomic E-state index is 0.0254. The average molecular weight is 471 g/mol. The normalized spacial score (nSPS) is 46.9. The number of hydrogen-bond donors (Lipinski definition) is 0. The molecule has 0 aromatic carbocycles. The highest BCUT2D eigenvalue weighted by atomic mass is 16.5. The van der Waals surface area contributed by atoms with Gasteiger partial charge in [-0.25, -0.2) is 9.67 Å². The van der Waals surface area contributed by atoms with Gasteiger partial charge in [0.2, 0.25) is 0 Å². The highest BCUT2D eigenvalue weighted by Gasteiger charge is 2.64. The van der Waals surface area contributed by atoms with Crippen molar-refractivity contribution < 1.29 is 14.3 Å². The Labute approximate surface area is 204 Å². The Kier molecular flexibility index (Phi) is 5.79. The third-order valence-electron chi connectivity index (χ3n) is 11.2. The quantitative estimate of drug-likeness (QED) is 0.620. The van der Waals surface area contributed by atoms with Crippen molar-refractivity contribution in [1.82, 2.24) is 19.7 Å². The van der Waals surface area contributed by atoms with Gasteiger partial charge in [0.15, 0.2) is 0 Å². The summed E-state index contributed by atoms with van der Waals surface area (Å²) in [4.78, 5) is 19.1. The molecule has 7 heteroatoms. The van der Waals surface area contributed by atoms with E-state index in [0.717, 1.165) is 62.9 Å². The molecular weight excluding hydrogens is 428 g/mol. The van der Waals surface area contributed by atoms with Gasteiger partial charge in [0, 0.05) is 31.5 Å². The number of nitrogens with zero attached hydrogens (tertiary/aromatic N) is 4. The second kappa shape index (κ2) is 8.58. The van der Waals surface area contributed by atoms with Crippen LogP contribution in [0.25, 0.3) is 0 Å². The summed E-state index contributed by atoms with van der Waals surface area (Å²) in [5.41, 5.74) is 0.479. The maximum Gasteiger partial charge on any atom is 0.302 e. The first kappa shape index (κ1) is 23.0. The predicted octanol–water partition coefficient (Wildman–Crippen LogP) is 4.10. The summed E-state index contributed by atoms with van der Waals surface area (Å²) in [6.45, 7) is 10.6. The minimum Gasteiger partial charge on any atom is -0.460 e. The predicted molar refractivity (Wildman–Crippen MR) is 128 cm³/mol. The van der Waals surface area contributed by atoms with Crippen LogP contribution in [0, 0.1) is 34.5 Å². The molecule has 0 spiro atoms. The van der Waals surface area contributed by atoms with Crippen molar-refractivity contribution in [2.24, 2.45) is 34.5 Å². The van der Waals surface area contributed by atoms with Crippen LogP contribution in [0.1, 0.15) is 78.2 Å². The highest BCUT2D eigenvalue weighted by molar-refractivity contribution is 5.66. The Hall–Kier alpha value is -1.47. The van der Waals surface area contributed by atoms with Crippen LogP contribution >= 0.6 is 0 Å². The van der Waals surface area contributed by atoms with Crippen LogP contribution < -0.4 is 0 Å². The topological polar surface area (TPSA) is 69.5 Å². The number of carbonyl (C=O) groups excluding carboxylic acids is 1. The fourth-order valence-corrected chi connectivity index (χ4v) is 9.51. The van der Waals surface area contributed by atoms with Gasteiger partial charge in [0.05, 0.1) is 19.3 Å². The van der Waals surface area contributed by atoms with Crippen molar-refractivity contribution in [2.45, 2.75) is 90.3 Å². The maximum atomic E-state index is 12.1. The first-order chi connectivity index (χ1) is 16.4. The van der Waals surface area contributed by atoms with Gasteiger partial charge in [-0.05, 0) is 80.5 Å². The molecule has 9 atom stereocenters. The zero-order valence-electron chi connectivity index (χ0n) is 21.2. The van der Waals surface area contributed by atoms with Gasteiger partial charge in [0.25, 0.3) is 0 Å². The molecule has 1 aromatic rings.